The van der Waals surface area contributed by atoms with Gasteiger partial charge in [0.05, 0.1) is 30.6 Å². The SMILES string of the molecule is COC(=O)CCN(Cc1ccccc1)C(=O)c1cccc(S(=O)(=O)N2CC(C)OC(C)C2)c1. The van der Waals surface area contributed by atoms with Gasteiger partial charge >= 0.3 is 5.97 Å². The molecule has 0 aromatic heterocycles. The largest absolute Gasteiger partial charge is 0.469 e. The molecule has 0 saturated carbocycles. The second-order valence-electron chi connectivity index (χ2n) is 8.15. The third kappa shape index (κ3) is 6.40. The number of carbonyl (C=O) groups excluding carboxylic acids is 2. The first-order chi connectivity index (χ1) is 15.7. The highest BCUT2D eigenvalue weighted by Crippen LogP contribution is 2.23. The number of sulfonamides is 1. The molecule has 1 fully saturated rings. The molecule has 0 radical (unpaired) electrons. The highest BCUT2D eigenvalue weighted by Gasteiger charge is 2.32. The lowest BCUT2D eigenvalue weighted by Gasteiger charge is -2.34. The molecule has 0 N–H and O–H groups in total. The number of hydrogen-bond donors (Lipinski definition) is 0. The number of nitrogens with zero attached hydrogens (tertiary/aromatic N) is 2. The van der Waals surface area contributed by atoms with Crippen molar-refractivity contribution >= 4 is 21.9 Å². The zero-order valence-corrected chi connectivity index (χ0v) is 20.0. The van der Waals surface area contributed by atoms with Gasteiger partial charge in [0.2, 0.25) is 10.0 Å². The first-order valence-corrected chi connectivity index (χ1v) is 12.3. The van der Waals surface area contributed by atoms with Crippen molar-refractivity contribution in [3.63, 3.8) is 0 Å². The Hall–Kier alpha value is -2.75. The van der Waals surface area contributed by atoms with E-state index in [4.69, 9.17) is 9.47 Å². The fraction of sp³-hybridized carbons (Fsp3) is 0.417. The van der Waals surface area contributed by atoms with Crippen LogP contribution in [-0.4, -0.2) is 68.5 Å². The number of esters is 1. The summed E-state index contributed by atoms with van der Waals surface area (Å²) in [5.41, 5.74) is 1.14. The van der Waals surface area contributed by atoms with E-state index in [2.05, 4.69) is 0 Å². The van der Waals surface area contributed by atoms with Crippen LogP contribution in [0.25, 0.3) is 0 Å². The average molecular weight is 475 g/mol. The quantitative estimate of drug-likeness (QED) is 0.546. The molecule has 0 bridgehead atoms. The Bertz CT molecular complexity index is 1060. The monoisotopic (exact) mass is 474 g/mol. The van der Waals surface area contributed by atoms with Crippen LogP contribution in [0.3, 0.4) is 0 Å². The Morgan fingerprint density at radius 1 is 1.06 bits per heavy atom. The van der Waals surface area contributed by atoms with E-state index < -0.39 is 16.0 Å². The first-order valence-electron chi connectivity index (χ1n) is 10.9. The zero-order valence-electron chi connectivity index (χ0n) is 19.1. The summed E-state index contributed by atoms with van der Waals surface area (Å²) in [6.45, 7) is 4.61. The summed E-state index contributed by atoms with van der Waals surface area (Å²) in [5.74, 6) is -0.781. The normalized spacial score (nSPS) is 19.1. The molecule has 2 aromatic rings. The van der Waals surface area contributed by atoms with E-state index in [-0.39, 0.29) is 61.2 Å². The average Bonchev–Trinajstić information content (AvgIpc) is 2.81. The number of rotatable bonds is 8. The summed E-state index contributed by atoms with van der Waals surface area (Å²) >= 11 is 0. The van der Waals surface area contributed by atoms with Crippen LogP contribution in [0.15, 0.2) is 59.5 Å². The summed E-state index contributed by atoms with van der Waals surface area (Å²) in [6.07, 6.45) is -0.391. The number of carbonyl (C=O) groups is 2. The molecule has 1 aliphatic rings. The fourth-order valence-corrected chi connectivity index (χ4v) is 5.47. The van der Waals surface area contributed by atoms with Crippen LogP contribution in [0, 0.1) is 0 Å². The molecule has 1 saturated heterocycles. The van der Waals surface area contributed by atoms with Crippen molar-refractivity contribution in [3.05, 3.63) is 65.7 Å². The zero-order chi connectivity index (χ0) is 24.0. The van der Waals surface area contributed by atoms with Crippen LogP contribution in [-0.2, 0) is 30.8 Å². The van der Waals surface area contributed by atoms with Gasteiger partial charge in [-0.1, -0.05) is 36.4 Å². The van der Waals surface area contributed by atoms with Gasteiger partial charge in [0.1, 0.15) is 0 Å². The first kappa shape index (κ1) is 24.9. The third-order valence-corrected chi connectivity index (χ3v) is 7.25. The summed E-state index contributed by atoms with van der Waals surface area (Å²) in [6, 6.07) is 15.4. The number of ether oxygens (including phenoxy) is 2. The minimum Gasteiger partial charge on any atom is -0.469 e. The van der Waals surface area contributed by atoms with Gasteiger partial charge in [0.15, 0.2) is 0 Å². The summed E-state index contributed by atoms with van der Waals surface area (Å²) in [5, 5.41) is 0. The maximum atomic E-state index is 13.4. The van der Waals surface area contributed by atoms with Gasteiger partial charge in [-0.05, 0) is 37.6 Å². The minimum absolute atomic E-state index is 0.0383. The molecule has 2 aromatic carbocycles. The molecule has 33 heavy (non-hydrogen) atoms. The molecule has 2 atom stereocenters. The van der Waals surface area contributed by atoms with Crippen molar-refractivity contribution in [2.24, 2.45) is 0 Å². The van der Waals surface area contributed by atoms with E-state index in [1.54, 1.807) is 12.1 Å². The Balaban J connectivity index is 1.86. The molecule has 9 heteroatoms. The van der Waals surface area contributed by atoms with E-state index in [1.807, 2.05) is 44.2 Å². The number of hydrogen-bond acceptors (Lipinski definition) is 6. The van der Waals surface area contributed by atoms with Crippen LogP contribution in [0.1, 0.15) is 36.2 Å². The second-order valence-corrected chi connectivity index (χ2v) is 10.1. The Labute approximate surface area is 195 Å². The van der Waals surface area contributed by atoms with Crippen molar-refractivity contribution in [1.29, 1.82) is 0 Å². The van der Waals surface area contributed by atoms with Gasteiger partial charge in [-0.2, -0.15) is 4.31 Å². The fourth-order valence-electron chi connectivity index (χ4n) is 3.83. The molecule has 2 unspecified atom stereocenters. The van der Waals surface area contributed by atoms with Gasteiger partial charge in [0, 0.05) is 31.7 Å². The summed E-state index contributed by atoms with van der Waals surface area (Å²) < 4.78 is 38.3. The Morgan fingerprint density at radius 2 is 1.73 bits per heavy atom. The van der Waals surface area contributed by atoms with Crippen LogP contribution in [0.2, 0.25) is 0 Å². The summed E-state index contributed by atoms with van der Waals surface area (Å²) in [7, 11) is -2.49. The van der Waals surface area contributed by atoms with Gasteiger partial charge in [-0.25, -0.2) is 8.42 Å². The van der Waals surface area contributed by atoms with Crippen molar-refractivity contribution in [2.75, 3.05) is 26.7 Å². The number of amides is 1. The van der Waals surface area contributed by atoms with Crippen molar-refractivity contribution < 1.29 is 27.5 Å². The molecule has 1 amide bonds. The van der Waals surface area contributed by atoms with Crippen molar-refractivity contribution in [1.82, 2.24) is 9.21 Å². The van der Waals surface area contributed by atoms with Crippen LogP contribution in [0.4, 0.5) is 0 Å². The molecular formula is C24H30N2O6S. The molecule has 1 heterocycles. The molecule has 1 aliphatic heterocycles. The lowest BCUT2D eigenvalue weighted by molar-refractivity contribution is -0.140. The number of morpholine rings is 1. The maximum Gasteiger partial charge on any atom is 0.307 e. The van der Waals surface area contributed by atoms with Crippen LogP contribution >= 0.6 is 0 Å². The van der Waals surface area contributed by atoms with Gasteiger partial charge in [0.25, 0.3) is 5.91 Å². The van der Waals surface area contributed by atoms with E-state index in [1.165, 1.54) is 28.4 Å². The maximum absolute atomic E-state index is 13.4. The van der Waals surface area contributed by atoms with Crippen molar-refractivity contribution in [3.8, 4) is 0 Å². The predicted molar refractivity (Wildman–Crippen MR) is 123 cm³/mol. The molecule has 0 spiro atoms. The standard InChI is InChI=1S/C24H30N2O6S/c1-18-15-26(16-19(2)32-18)33(29,30)22-11-7-10-21(14-22)24(28)25(13-12-23(27)31-3)17-20-8-5-4-6-9-20/h4-11,14,18-19H,12-13,15-17H2,1-3H3. The van der Waals surface area contributed by atoms with Crippen LogP contribution in [0.5, 0.6) is 0 Å². The molecule has 178 valence electrons. The van der Waals surface area contributed by atoms with Gasteiger partial charge in [-0.15, -0.1) is 0 Å². The lowest BCUT2D eigenvalue weighted by atomic mass is 10.1. The van der Waals surface area contributed by atoms with E-state index in [9.17, 15) is 18.0 Å². The Morgan fingerprint density at radius 3 is 2.36 bits per heavy atom. The van der Waals surface area contributed by atoms with E-state index in [0.29, 0.717) is 0 Å². The number of benzene rings is 2. The smallest absolute Gasteiger partial charge is 0.307 e. The van der Waals surface area contributed by atoms with E-state index >= 15 is 0 Å². The lowest BCUT2D eigenvalue weighted by Crippen LogP contribution is -2.48. The minimum atomic E-state index is -3.79. The van der Waals surface area contributed by atoms with Gasteiger partial charge in [-0.3, -0.25) is 9.59 Å². The molecular weight excluding hydrogens is 444 g/mol. The number of methoxy groups -OCH3 is 1. The molecule has 8 nitrogen and oxygen atoms in total. The molecule has 3 rings (SSSR count). The highest BCUT2D eigenvalue weighted by molar-refractivity contribution is 7.89. The van der Waals surface area contributed by atoms with Crippen molar-refractivity contribution in [2.45, 2.75) is 43.9 Å². The summed E-state index contributed by atoms with van der Waals surface area (Å²) in [4.78, 5) is 26.6. The third-order valence-electron chi connectivity index (χ3n) is 5.42. The highest BCUT2D eigenvalue weighted by atomic mass is 32.2. The topological polar surface area (TPSA) is 93.2 Å². The second kappa shape index (κ2) is 10.9. The van der Waals surface area contributed by atoms with Crippen LogP contribution < -0.4 is 0 Å². The Kier molecular flexibility index (Phi) is 8.23. The predicted octanol–water partition coefficient (Wildman–Crippen LogP) is 2.69. The van der Waals surface area contributed by atoms with E-state index in [0.717, 1.165) is 5.56 Å². The van der Waals surface area contributed by atoms with Gasteiger partial charge < -0.3 is 14.4 Å². The molecule has 0 aliphatic carbocycles.